The summed E-state index contributed by atoms with van der Waals surface area (Å²) >= 11 is 0. The molecule has 4 saturated carbocycles. The monoisotopic (exact) mass is 1270 g/mol. The number of carboxylic acid groups (broad SMARTS) is 1. The number of hydrogen-bond acceptors (Lipinski definition) is 27. The maximum atomic E-state index is 14.3. The second-order valence-corrected chi connectivity index (χ2v) is 27.9. The third kappa shape index (κ3) is 11.8. The molecule has 0 aromatic rings. The van der Waals surface area contributed by atoms with Crippen LogP contribution in [0.2, 0.25) is 0 Å². The second-order valence-electron chi connectivity index (χ2n) is 27.9. The van der Waals surface area contributed by atoms with Crippen molar-refractivity contribution in [1.29, 1.82) is 0 Å². The molecule has 0 bridgehead atoms. The zero-order chi connectivity index (χ0) is 65.6. The number of allylic oxidation sites excluding steroid dienone is 3. The molecule has 0 amide bonds. The summed E-state index contributed by atoms with van der Waals surface area (Å²) in [5.41, 5.74) is -4.65. The summed E-state index contributed by atoms with van der Waals surface area (Å²) in [7, 11) is 0. The van der Waals surface area contributed by atoms with Gasteiger partial charge in [-0.3, -0.25) is 9.59 Å². The van der Waals surface area contributed by atoms with Crippen LogP contribution >= 0.6 is 0 Å². The molecule has 9 aliphatic rings. The first-order valence-corrected chi connectivity index (χ1v) is 30.7. The van der Waals surface area contributed by atoms with Crippen LogP contribution in [0.4, 0.5) is 0 Å². The summed E-state index contributed by atoms with van der Waals surface area (Å²) in [5, 5.41) is 131. The maximum absolute atomic E-state index is 14.3. The van der Waals surface area contributed by atoms with Gasteiger partial charge in [-0.2, -0.15) is 0 Å². The molecule has 0 unspecified atom stereocenters. The summed E-state index contributed by atoms with van der Waals surface area (Å²) in [6, 6.07) is 0. The van der Waals surface area contributed by atoms with Gasteiger partial charge in [0, 0.05) is 24.8 Å². The fourth-order valence-corrected chi connectivity index (χ4v) is 17.3. The first kappa shape index (κ1) is 69.6. The Morgan fingerprint density at radius 3 is 1.85 bits per heavy atom. The van der Waals surface area contributed by atoms with E-state index in [1.165, 1.54) is 13.8 Å². The molecular formula is C61H92O28. The van der Waals surface area contributed by atoms with Gasteiger partial charge in [0.15, 0.2) is 37.4 Å². The topological polar surface area (TPSA) is 430 Å². The van der Waals surface area contributed by atoms with Gasteiger partial charge in [0.1, 0.15) is 97.8 Å². The van der Waals surface area contributed by atoms with Crippen LogP contribution in [0.25, 0.3) is 0 Å². The molecular weight excluding hydrogens is 1180 g/mol. The fourth-order valence-electron chi connectivity index (χ4n) is 17.3. The maximum Gasteiger partial charge on any atom is 0.335 e. The summed E-state index contributed by atoms with van der Waals surface area (Å²) in [6.07, 6.45) is -32.6. The number of aliphatic hydroxyl groups is 11. The molecule has 0 radical (unpaired) electrons. The summed E-state index contributed by atoms with van der Waals surface area (Å²) in [6.45, 7) is 15.0. The van der Waals surface area contributed by atoms with Crippen LogP contribution in [-0.2, 0) is 76.1 Å². The average Bonchev–Trinajstić information content (AvgIpc) is 0.669. The third-order valence-corrected chi connectivity index (χ3v) is 22.5. The molecule has 0 aromatic carbocycles. The van der Waals surface area contributed by atoms with E-state index >= 15 is 0 Å². The molecule has 89 heavy (non-hydrogen) atoms. The van der Waals surface area contributed by atoms with Crippen molar-refractivity contribution in [2.45, 2.75) is 249 Å². The van der Waals surface area contributed by atoms with E-state index in [1.807, 2.05) is 13.8 Å². The molecule has 504 valence electrons. The van der Waals surface area contributed by atoms with Crippen molar-refractivity contribution in [2.75, 3.05) is 26.4 Å². The van der Waals surface area contributed by atoms with E-state index in [-0.39, 0.29) is 18.8 Å². The minimum Gasteiger partial charge on any atom is -0.479 e. The first-order valence-electron chi connectivity index (χ1n) is 30.7. The molecule has 12 N–H and O–H groups in total. The van der Waals surface area contributed by atoms with Crippen molar-refractivity contribution in [2.24, 2.45) is 50.2 Å². The quantitative estimate of drug-likeness (QED) is 0.0210. The van der Waals surface area contributed by atoms with Crippen molar-refractivity contribution < 1.29 is 137 Å². The van der Waals surface area contributed by atoms with Crippen molar-refractivity contribution in [3.8, 4) is 0 Å². The van der Waals surface area contributed by atoms with E-state index in [9.17, 15) is 85.3 Å². The Labute approximate surface area is 515 Å². The number of aliphatic carboxylic acids is 1. The Bertz CT molecular complexity index is 2670. The normalized spacial score (nSPS) is 49.7. The number of esters is 3. The molecule has 0 spiro atoms. The number of ether oxygens (including phenoxy) is 11. The molecule has 28 heteroatoms. The van der Waals surface area contributed by atoms with Crippen LogP contribution in [0.5, 0.6) is 0 Å². The first-order chi connectivity index (χ1) is 41.6. The number of fused-ring (bicyclic) bond motifs is 7. The van der Waals surface area contributed by atoms with Crippen LogP contribution in [0, 0.1) is 50.2 Å². The van der Waals surface area contributed by atoms with Gasteiger partial charge in [-0.1, -0.05) is 59.3 Å². The summed E-state index contributed by atoms with van der Waals surface area (Å²) in [4.78, 5) is 67.7. The molecule has 0 aromatic heterocycles. The Morgan fingerprint density at radius 1 is 0.629 bits per heavy atom. The Balaban J connectivity index is 1.07. The lowest BCUT2D eigenvalue weighted by atomic mass is 9.33. The van der Waals surface area contributed by atoms with Gasteiger partial charge in [-0.05, 0) is 92.8 Å². The lowest BCUT2D eigenvalue weighted by Gasteiger charge is -2.72. The fraction of sp³-hybridized carbons (Fsp3) is 0.852. The van der Waals surface area contributed by atoms with Crippen LogP contribution in [0.3, 0.4) is 0 Å². The predicted octanol–water partition coefficient (Wildman–Crippen LogP) is -1.44. The van der Waals surface area contributed by atoms with Gasteiger partial charge in [0.2, 0.25) is 0 Å². The number of rotatable bonds is 16. The highest BCUT2D eigenvalue weighted by Crippen LogP contribution is 2.76. The minimum absolute atomic E-state index is 0.0912. The van der Waals surface area contributed by atoms with E-state index < -0.39 is 230 Å². The lowest BCUT2D eigenvalue weighted by Crippen LogP contribution is -2.73. The van der Waals surface area contributed by atoms with Crippen LogP contribution in [-0.4, -0.2) is 253 Å². The highest BCUT2D eigenvalue weighted by Gasteiger charge is 2.75. The number of carboxylic acids is 1. The van der Waals surface area contributed by atoms with Gasteiger partial charge < -0.3 is 118 Å². The number of aldehydes is 1. The van der Waals surface area contributed by atoms with Gasteiger partial charge in [0.05, 0.1) is 43.4 Å². The van der Waals surface area contributed by atoms with Crippen LogP contribution < -0.4 is 0 Å². The van der Waals surface area contributed by atoms with Crippen LogP contribution in [0.1, 0.15) is 114 Å². The number of hydrogen-bond donors (Lipinski definition) is 12. The molecule has 4 heterocycles. The van der Waals surface area contributed by atoms with E-state index in [4.69, 9.17) is 52.1 Å². The molecule has 9 rings (SSSR count). The van der Waals surface area contributed by atoms with E-state index in [1.54, 1.807) is 26.8 Å². The van der Waals surface area contributed by atoms with Crippen molar-refractivity contribution in [3.63, 3.8) is 0 Å². The summed E-state index contributed by atoms with van der Waals surface area (Å²) < 4.78 is 67.1. The predicted molar refractivity (Wildman–Crippen MR) is 298 cm³/mol. The number of carbonyl (C=O) groups excluding carboxylic acids is 4. The largest absolute Gasteiger partial charge is 0.479 e. The molecule has 8 fully saturated rings. The molecule has 4 saturated heterocycles. The Hall–Kier alpha value is -3.73. The molecule has 5 aliphatic carbocycles. The zero-order valence-electron chi connectivity index (χ0n) is 51.8. The van der Waals surface area contributed by atoms with E-state index in [0.717, 1.165) is 11.9 Å². The van der Waals surface area contributed by atoms with Gasteiger partial charge >= 0.3 is 23.9 Å². The Morgan fingerprint density at radius 2 is 1.25 bits per heavy atom. The third-order valence-electron chi connectivity index (χ3n) is 22.5. The van der Waals surface area contributed by atoms with Crippen LogP contribution in [0.15, 0.2) is 23.3 Å². The highest BCUT2D eigenvalue weighted by atomic mass is 16.8. The number of aliphatic hydroxyl groups excluding tert-OH is 11. The van der Waals surface area contributed by atoms with Gasteiger partial charge in [0.25, 0.3) is 0 Å². The van der Waals surface area contributed by atoms with Crippen molar-refractivity contribution in [3.05, 3.63) is 23.3 Å². The summed E-state index contributed by atoms with van der Waals surface area (Å²) in [5.74, 6) is -5.02. The average molecular weight is 1270 g/mol. The van der Waals surface area contributed by atoms with Crippen molar-refractivity contribution >= 4 is 30.2 Å². The second kappa shape index (κ2) is 25.9. The van der Waals surface area contributed by atoms with Crippen molar-refractivity contribution in [1.82, 2.24) is 0 Å². The van der Waals surface area contributed by atoms with E-state index in [2.05, 4.69) is 26.8 Å². The molecule has 4 aliphatic heterocycles. The van der Waals surface area contributed by atoms with E-state index in [0.29, 0.717) is 37.7 Å². The standard InChI is InChI=1S/C61H92O28/c1-11-25(2)51(78)89-48-49(82-27(4)66)61(24-64)29(18-56(48,5)6)28-12-13-34-57(7)16-15-35(58(8,23-63)33(57)14-17-59(34,9)60(28,10)19-36(61)81-26(3)65)84-55-47(88-53-42(74)40(72)39(71)32(20-62)83-53)44(43(75)45(86-55)50(76)77)85-54-46(38(70)31(68)22-80-54)87-52-41(73)37(69)30(67)21-79-52/h11-12,23,29-49,52-55,62,64,67-75H,13-22,24H2,1-10H3,(H,76,77)/b25-11-/t29-,30+,31-,32+,33+,34-,35-,36+,37-,38-,39-,40-,41+,42+,43-,44-,45-,46+,47+,48-,49-,52-,53-,54-,55+,57-,58-,59+,60+,61-/m0/s1. The SMILES string of the molecule is C/C=C(/C)C(=O)O[C@H]1[C@H](OC(C)=O)[C@]2(CO)[C@H](OC(C)=O)C[C@]3(C)C(=CC[C@H]4[C@@]5(C)CC[C@H](O[C@@H]6O[C@H](C(=O)O)[C@@H](O)[C@H](O[C@@H]7OC[C@H](O)[C@H](O)[C@H]7O[C@@H]7OC[C@@H](O)[C@H](O)[C@H]7O)[C@H]6O[C@@H]6O[C@H](CO)[C@H](O)[C@H](O)[C@H]6O)[C@@](C)(C=O)[C@@H]5CC[C@]43C)[C@@H]2CC1(C)C. The smallest absolute Gasteiger partial charge is 0.335 e. The molecule has 30 atom stereocenters. The highest BCUT2D eigenvalue weighted by molar-refractivity contribution is 5.87. The lowest BCUT2D eigenvalue weighted by molar-refractivity contribution is -0.398. The van der Waals surface area contributed by atoms with Gasteiger partial charge in [-0.15, -0.1) is 0 Å². The molecule has 28 nitrogen and oxygen atoms in total. The van der Waals surface area contributed by atoms with Gasteiger partial charge in [-0.25, -0.2) is 9.59 Å². The number of carbonyl (C=O) groups is 5. The minimum atomic E-state index is -2.29. The Kier molecular flexibility index (Phi) is 20.2. The zero-order valence-corrected chi connectivity index (χ0v) is 51.8.